The van der Waals surface area contributed by atoms with E-state index in [4.69, 9.17) is 11.6 Å². The minimum atomic E-state index is -0.261. The largest absolute Gasteiger partial charge is 0.346 e. The molecular weight excluding hydrogens is 400 g/mol. The third-order valence-corrected chi connectivity index (χ3v) is 5.34. The predicted octanol–water partition coefficient (Wildman–Crippen LogP) is 4.25. The molecule has 2 aromatic carbocycles. The zero-order valence-electron chi connectivity index (χ0n) is 16.0. The average Bonchev–Trinajstić information content (AvgIpc) is 3.24. The van der Waals surface area contributed by atoms with E-state index in [9.17, 15) is 4.79 Å². The van der Waals surface area contributed by atoms with Crippen LogP contribution in [0.3, 0.4) is 0 Å². The summed E-state index contributed by atoms with van der Waals surface area (Å²) in [4.78, 5) is 22.0. The summed E-state index contributed by atoms with van der Waals surface area (Å²) in [6.07, 6.45) is 3.15. The van der Waals surface area contributed by atoms with Crippen LogP contribution in [0.15, 0.2) is 78.0 Å². The monoisotopic (exact) mass is 416 g/mol. The highest BCUT2D eigenvalue weighted by Crippen LogP contribution is 2.26. The van der Waals surface area contributed by atoms with E-state index in [-0.39, 0.29) is 11.6 Å². The fourth-order valence-electron chi connectivity index (χ4n) is 3.62. The Hall–Kier alpha value is -3.71. The molecule has 0 spiro atoms. The lowest BCUT2D eigenvalue weighted by molar-refractivity contribution is 0.752. The lowest BCUT2D eigenvalue weighted by Gasteiger charge is -2.21. The van der Waals surface area contributed by atoms with Crippen molar-refractivity contribution in [2.24, 2.45) is 0 Å². The van der Waals surface area contributed by atoms with Gasteiger partial charge in [-0.1, -0.05) is 41.9 Å². The molecule has 3 aromatic heterocycles. The van der Waals surface area contributed by atoms with Crippen molar-refractivity contribution in [2.75, 3.05) is 5.32 Å². The quantitative estimate of drug-likeness (QED) is 0.473. The maximum atomic E-state index is 13.5. The van der Waals surface area contributed by atoms with Gasteiger partial charge in [-0.25, -0.2) is 9.97 Å². The van der Waals surface area contributed by atoms with Crippen molar-refractivity contribution in [1.29, 1.82) is 0 Å². The highest BCUT2D eigenvalue weighted by molar-refractivity contribution is 6.35. The van der Waals surface area contributed by atoms with Crippen molar-refractivity contribution in [3.63, 3.8) is 0 Å². The van der Waals surface area contributed by atoms with Crippen LogP contribution in [0.5, 0.6) is 0 Å². The third kappa shape index (κ3) is 3.00. The van der Waals surface area contributed by atoms with Crippen LogP contribution in [0, 0.1) is 0 Å². The van der Waals surface area contributed by atoms with Crippen LogP contribution in [0.25, 0.3) is 22.1 Å². The molecule has 8 heteroatoms. The Morgan fingerprint density at radius 2 is 1.87 bits per heavy atom. The Labute approximate surface area is 176 Å². The first kappa shape index (κ1) is 18.3. The molecule has 0 aliphatic rings. The van der Waals surface area contributed by atoms with E-state index in [1.807, 2.05) is 55.5 Å². The van der Waals surface area contributed by atoms with Gasteiger partial charge in [0.25, 0.3) is 5.56 Å². The van der Waals surface area contributed by atoms with Gasteiger partial charge < -0.3 is 5.32 Å². The van der Waals surface area contributed by atoms with Gasteiger partial charge in [0, 0.05) is 17.4 Å². The molecule has 0 unspecified atom stereocenters. The van der Waals surface area contributed by atoms with E-state index in [1.54, 1.807) is 27.4 Å². The second-order valence-electron chi connectivity index (χ2n) is 6.91. The molecule has 0 saturated heterocycles. The van der Waals surface area contributed by atoms with Gasteiger partial charge in [-0.3, -0.25) is 9.36 Å². The van der Waals surface area contributed by atoms with Gasteiger partial charge in [-0.05, 0) is 36.6 Å². The number of anilines is 1. The number of halogens is 1. The van der Waals surface area contributed by atoms with E-state index in [2.05, 4.69) is 20.4 Å². The van der Waals surface area contributed by atoms with E-state index in [0.29, 0.717) is 22.0 Å². The summed E-state index contributed by atoms with van der Waals surface area (Å²) in [6, 6.07) is 18.5. The molecule has 0 amide bonds. The molecule has 1 N–H and O–H groups in total. The van der Waals surface area contributed by atoms with Crippen molar-refractivity contribution < 1.29 is 0 Å². The number of para-hydroxylation sites is 1. The maximum absolute atomic E-state index is 13.5. The topological polar surface area (TPSA) is 77.1 Å². The Balaban J connectivity index is 1.71. The van der Waals surface area contributed by atoms with Gasteiger partial charge in [0.2, 0.25) is 5.95 Å². The third-order valence-electron chi connectivity index (χ3n) is 5.02. The SMILES string of the molecule is C[C@H](Nc1ncnc2ccnn12)c1cc2cccc(Cl)c2c(=O)n1-c1ccccc1. The maximum Gasteiger partial charge on any atom is 0.264 e. The van der Waals surface area contributed by atoms with Gasteiger partial charge in [0.05, 0.1) is 22.6 Å². The zero-order valence-corrected chi connectivity index (χ0v) is 16.8. The Morgan fingerprint density at radius 1 is 1.03 bits per heavy atom. The van der Waals surface area contributed by atoms with Crippen LogP contribution in [0.1, 0.15) is 18.7 Å². The number of pyridine rings is 1. The van der Waals surface area contributed by atoms with Crippen LogP contribution in [-0.4, -0.2) is 24.1 Å². The van der Waals surface area contributed by atoms with E-state index >= 15 is 0 Å². The molecule has 0 fully saturated rings. The molecule has 1 atom stereocenters. The van der Waals surface area contributed by atoms with Crippen LogP contribution >= 0.6 is 11.6 Å². The highest BCUT2D eigenvalue weighted by atomic mass is 35.5. The van der Waals surface area contributed by atoms with Crippen LogP contribution < -0.4 is 10.9 Å². The van der Waals surface area contributed by atoms with E-state index in [0.717, 1.165) is 16.8 Å². The number of nitrogens with one attached hydrogen (secondary N) is 1. The molecule has 7 nitrogen and oxygen atoms in total. The normalized spacial score (nSPS) is 12.3. The summed E-state index contributed by atoms with van der Waals surface area (Å²) in [7, 11) is 0. The number of benzene rings is 2. The molecule has 148 valence electrons. The second kappa shape index (κ2) is 7.27. The Kier molecular flexibility index (Phi) is 4.44. The van der Waals surface area contributed by atoms with Crippen molar-refractivity contribution in [3.8, 4) is 5.69 Å². The fourth-order valence-corrected chi connectivity index (χ4v) is 3.89. The first-order chi connectivity index (χ1) is 14.6. The van der Waals surface area contributed by atoms with Crippen molar-refractivity contribution in [1.82, 2.24) is 24.1 Å². The molecule has 3 heterocycles. The van der Waals surface area contributed by atoms with Crippen LogP contribution in [-0.2, 0) is 0 Å². The Bertz CT molecular complexity index is 1430. The average molecular weight is 417 g/mol. The number of nitrogens with zero attached hydrogens (tertiary/aromatic N) is 5. The van der Waals surface area contributed by atoms with Gasteiger partial charge in [-0.2, -0.15) is 9.61 Å². The fraction of sp³-hybridized carbons (Fsp3) is 0.0909. The summed E-state index contributed by atoms with van der Waals surface area (Å²) < 4.78 is 3.31. The molecular formula is C22H17ClN6O. The van der Waals surface area contributed by atoms with Gasteiger partial charge in [0.1, 0.15) is 6.33 Å². The summed E-state index contributed by atoms with van der Waals surface area (Å²) >= 11 is 6.38. The molecule has 30 heavy (non-hydrogen) atoms. The highest BCUT2D eigenvalue weighted by Gasteiger charge is 2.19. The number of hydrogen-bond donors (Lipinski definition) is 1. The van der Waals surface area contributed by atoms with Gasteiger partial charge >= 0.3 is 0 Å². The standard InChI is InChI=1S/C22H17ClN6O/c1-14(27-22-25-13-24-19-10-11-26-29(19)22)18-12-15-6-5-9-17(23)20(15)21(30)28(18)16-7-3-2-4-8-16/h2-14H,1H3,(H,24,25,27)/t14-/m0/s1. The van der Waals surface area contributed by atoms with Crippen LogP contribution in [0.4, 0.5) is 5.95 Å². The molecule has 0 radical (unpaired) electrons. The lowest BCUT2D eigenvalue weighted by Crippen LogP contribution is -2.26. The molecule has 0 aliphatic carbocycles. The number of fused-ring (bicyclic) bond motifs is 2. The lowest BCUT2D eigenvalue weighted by atomic mass is 10.1. The number of rotatable bonds is 4. The summed E-state index contributed by atoms with van der Waals surface area (Å²) in [5.74, 6) is 0.538. The summed E-state index contributed by atoms with van der Waals surface area (Å²) in [5, 5.41) is 9.35. The minimum absolute atomic E-state index is 0.167. The van der Waals surface area contributed by atoms with Gasteiger partial charge in [0.15, 0.2) is 5.65 Å². The van der Waals surface area contributed by atoms with Crippen LogP contribution in [0.2, 0.25) is 5.02 Å². The van der Waals surface area contributed by atoms with Gasteiger partial charge in [-0.15, -0.1) is 0 Å². The van der Waals surface area contributed by atoms with E-state index in [1.165, 1.54) is 6.33 Å². The molecule has 5 rings (SSSR count). The minimum Gasteiger partial charge on any atom is -0.346 e. The predicted molar refractivity (Wildman–Crippen MR) is 117 cm³/mol. The van der Waals surface area contributed by atoms with Crippen molar-refractivity contribution in [3.05, 3.63) is 94.3 Å². The zero-order chi connectivity index (χ0) is 20.7. The first-order valence-corrected chi connectivity index (χ1v) is 9.82. The smallest absolute Gasteiger partial charge is 0.264 e. The molecule has 0 bridgehead atoms. The van der Waals surface area contributed by atoms with E-state index < -0.39 is 0 Å². The number of hydrogen-bond acceptors (Lipinski definition) is 5. The first-order valence-electron chi connectivity index (χ1n) is 9.44. The molecule has 5 aromatic rings. The van der Waals surface area contributed by atoms with Crippen molar-refractivity contribution in [2.45, 2.75) is 13.0 Å². The molecule has 0 saturated carbocycles. The molecule has 0 aliphatic heterocycles. The Morgan fingerprint density at radius 3 is 2.70 bits per heavy atom. The number of aromatic nitrogens is 5. The van der Waals surface area contributed by atoms with Crippen molar-refractivity contribution >= 4 is 34.0 Å². The summed E-state index contributed by atoms with van der Waals surface area (Å²) in [6.45, 7) is 1.97. The second-order valence-corrected chi connectivity index (χ2v) is 7.32. The summed E-state index contributed by atoms with van der Waals surface area (Å²) in [5.41, 5.74) is 2.06.